The number of hydrogen-bond acceptors (Lipinski definition) is 5. The molecule has 0 fully saturated rings. The van der Waals surface area contributed by atoms with Crippen LogP contribution in [0.2, 0.25) is 5.02 Å². The molecule has 1 aromatic carbocycles. The molecule has 0 saturated carbocycles. The van der Waals surface area contributed by atoms with Crippen molar-refractivity contribution in [2.45, 2.75) is 32.9 Å². The van der Waals surface area contributed by atoms with Crippen molar-refractivity contribution in [2.75, 3.05) is 0 Å². The van der Waals surface area contributed by atoms with E-state index in [0.717, 1.165) is 17.4 Å². The highest BCUT2D eigenvalue weighted by Crippen LogP contribution is 2.26. The standard InChI is InChI=1S/C16H16ClFN2O4S/c1-7-13(16(22)23)25-15(20-7)8(2)19-14(21)9(3)24-12-5-4-10(18)6-11(12)17/h4-6,8-9H,1-3H3,(H,19,21)(H,22,23). The maximum absolute atomic E-state index is 13.0. The van der Waals surface area contributed by atoms with Crippen molar-refractivity contribution < 1.29 is 23.8 Å². The predicted octanol–water partition coefficient (Wildman–Crippen LogP) is 3.59. The first-order valence-corrected chi connectivity index (χ1v) is 8.51. The first-order chi connectivity index (χ1) is 11.7. The maximum Gasteiger partial charge on any atom is 0.347 e. The molecule has 2 unspecified atom stereocenters. The Labute approximate surface area is 152 Å². The van der Waals surface area contributed by atoms with Crippen molar-refractivity contribution in [1.82, 2.24) is 10.3 Å². The van der Waals surface area contributed by atoms with Gasteiger partial charge in [0, 0.05) is 0 Å². The average Bonchev–Trinajstić information content (AvgIpc) is 2.92. The molecule has 2 N–H and O–H groups in total. The number of amides is 1. The number of aromatic carboxylic acids is 1. The lowest BCUT2D eigenvalue weighted by molar-refractivity contribution is -0.127. The number of ether oxygens (including phenoxy) is 1. The van der Waals surface area contributed by atoms with E-state index >= 15 is 0 Å². The monoisotopic (exact) mass is 386 g/mol. The quantitative estimate of drug-likeness (QED) is 0.792. The Balaban J connectivity index is 2.02. The Morgan fingerprint density at radius 3 is 2.64 bits per heavy atom. The van der Waals surface area contributed by atoms with Gasteiger partial charge in [-0.3, -0.25) is 4.79 Å². The smallest absolute Gasteiger partial charge is 0.347 e. The summed E-state index contributed by atoms with van der Waals surface area (Å²) in [6.07, 6.45) is -0.884. The Hall–Kier alpha value is -2.19. The Morgan fingerprint density at radius 2 is 2.08 bits per heavy atom. The minimum absolute atomic E-state index is 0.0642. The van der Waals surface area contributed by atoms with E-state index < -0.39 is 29.8 Å². The summed E-state index contributed by atoms with van der Waals surface area (Å²) < 4.78 is 18.5. The molecule has 0 aliphatic rings. The van der Waals surface area contributed by atoms with Crippen LogP contribution in [0.25, 0.3) is 0 Å². The highest BCUT2D eigenvalue weighted by atomic mass is 35.5. The van der Waals surface area contributed by atoms with Crippen LogP contribution >= 0.6 is 22.9 Å². The second kappa shape index (κ2) is 7.79. The van der Waals surface area contributed by atoms with Gasteiger partial charge in [-0.05, 0) is 39.0 Å². The summed E-state index contributed by atoms with van der Waals surface area (Å²) in [4.78, 5) is 27.6. The lowest BCUT2D eigenvalue weighted by Gasteiger charge is -2.18. The third-order valence-electron chi connectivity index (χ3n) is 3.30. The molecule has 0 aliphatic carbocycles. The molecule has 2 atom stereocenters. The molecular weight excluding hydrogens is 371 g/mol. The number of carboxylic acid groups (broad SMARTS) is 1. The van der Waals surface area contributed by atoms with E-state index in [1.807, 2.05) is 0 Å². The van der Waals surface area contributed by atoms with Gasteiger partial charge in [0.2, 0.25) is 0 Å². The fourth-order valence-electron chi connectivity index (χ4n) is 2.01. The van der Waals surface area contributed by atoms with Crippen LogP contribution in [0.1, 0.15) is 40.3 Å². The number of halogens is 2. The Morgan fingerprint density at radius 1 is 1.40 bits per heavy atom. The number of carboxylic acids is 1. The molecule has 134 valence electrons. The number of aryl methyl sites for hydroxylation is 1. The number of nitrogens with zero attached hydrogens (tertiary/aromatic N) is 1. The van der Waals surface area contributed by atoms with Crippen LogP contribution in [0.4, 0.5) is 4.39 Å². The highest BCUT2D eigenvalue weighted by Gasteiger charge is 2.22. The van der Waals surface area contributed by atoms with Crippen molar-refractivity contribution >= 4 is 34.8 Å². The van der Waals surface area contributed by atoms with Crippen molar-refractivity contribution in [3.05, 3.63) is 44.6 Å². The number of benzene rings is 1. The zero-order valence-corrected chi connectivity index (χ0v) is 15.2. The van der Waals surface area contributed by atoms with E-state index in [4.69, 9.17) is 21.4 Å². The van der Waals surface area contributed by atoms with Gasteiger partial charge in [0.1, 0.15) is 21.5 Å². The van der Waals surface area contributed by atoms with Crippen LogP contribution in [-0.2, 0) is 4.79 Å². The lowest BCUT2D eigenvalue weighted by Crippen LogP contribution is -2.37. The highest BCUT2D eigenvalue weighted by molar-refractivity contribution is 7.13. The molecule has 25 heavy (non-hydrogen) atoms. The van der Waals surface area contributed by atoms with E-state index in [0.29, 0.717) is 10.7 Å². The largest absolute Gasteiger partial charge is 0.479 e. The molecule has 0 aliphatic heterocycles. The van der Waals surface area contributed by atoms with Gasteiger partial charge in [0.25, 0.3) is 5.91 Å². The predicted molar refractivity (Wildman–Crippen MR) is 91.9 cm³/mol. The zero-order chi connectivity index (χ0) is 18.7. The van der Waals surface area contributed by atoms with E-state index in [1.54, 1.807) is 13.8 Å². The van der Waals surface area contributed by atoms with Gasteiger partial charge < -0.3 is 15.2 Å². The maximum atomic E-state index is 13.0. The van der Waals surface area contributed by atoms with Gasteiger partial charge in [-0.2, -0.15) is 0 Å². The molecule has 0 spiro atoms. The molecule has 2 rings (SSSR count). The molecule has 1 amide bonds. The van der Waals surface area contributed by atoms with Crippen LogP contribution in [-0.4, -0.2) is 28.1 Å². The number of aromatic nitrogens is 1. The third kappa shape index (κ3) is 4.67. The summed E-state index contributed by atoms with van der Waals surface area (Å²) in [6.45, 7) is 4.82. The molecular formula is C16H16ClFN2O4S. The number of rotatable bonds is 6. The van der Waals surface area contributed by atoms with E-state index in [1.165, 1.54) is 19.1 Å². The molecule has 2 aromatic rings. The summed E-state index contributed by atoms with van der Waals surface area (Å²) in [7, 11) is 0. The molecule has 1 aromatic heterocycles. The molecule has 6 nitrogen and oxygen atoms in total. The number of hydrogen-bond donors (Lipinski definition) is 2. The van der Waals surface area contributed by atoms with Crippen LogP contribution in [0.3, 0.4) is 0 Å². The number of nitrogens with one attached hydrogen (secondary N) is 1. The van der Waals surface area contributed by atoms with Gasteiger partial charge >= 0.3 is 5.97 Å². The van der Waals surface area contributed by atoms with Crippen LogP contribution in [0.5, 0.6) is 5.75 Å². The Kier molecular flexibility index (Phi) is 5.97. The van der Waals surface area contributed by atoms with Gasteiger partial charge in [-0.15, -0.1) is 11.3 Å². The van der Waals surface area contributed by atoms with Crippen LogP contribution < -0.4 is 10.1 Å². The lowest BCUT2D eigenvalue weighted by atomic mass is 10.3. The normalized spacial score (nSPS) is 13.2. The van der Waals surface area contributed by atoms with E-state index in [2.05, 4.69) is 10.3 Å². The summed E-state index contributed by atoms with van der Waals surface area (Å²) >= 11 is 6.88. The minimum atomic E-state index is -1.05. The van der Waals surface area contributed by atoms with E-state index in [9.17, 15) is 14.0 Å². The van der Waals surface area contributed by atoms with Crippen LogP contribution in [0.15, 0.2) is 18.2 Å². The van der Waals surface area contributed by atoms with Crippen molar-refractivity contribution in [1.29, 1.82) is 0 Å². The van der Waals surface area contributed by atoms with Crippen LogP contribution in [0, 0.1) is 12.7 Å². The fourth-order valence-corrected chi connectivity index (χ4v) is 3.13. The number of carbonyl (C=O) groups is 2. The van der Waals surface area contributed by atoms with Crippen molar-refractivity contribution in [3.8, 4) is 5.75 Å². The Bertz CT molecular complexity index is 811. The molecule has 1 heterocycles. The summed E-state index contributed by atoms with van der Waals surface area (Å²) in [5.41, 5.74) is 0.399. The fraction of sp³-hybridized carbons (Fsp3) is 0.312. The van der Waals surface area contributed by atoms with Crippen molar-refractivity contribution in [3.63, 3.8) is 0 Å². The minimum Gasteiger partial charge on any atom is -0.479 e. The van der Waals surface area contributed by atoms with E-state index in [-0.39, 0.29) is 15.6 Å². The second-order valence-electron chi connectivity index (χ2n) is 5.34. The average molecular weight is 387 g/mol. The summed E-state index contributed by atoms with van der Waals surface area (Å²) in [5.74, 6) is -1.80. The first kappa shape index (κ1) is 19.1. The topological polar surface area (TPSA) is 88.5 Å². The number of thiazole rings is 1. The van der Waals surface area contributed by atoms with Gasteiger partial charge in [-0.1, -0.05) is 11.6 Å². The summed E-state index contributed by atoms with van der Waals surface area (Å²) in [5, 5.41) is 12.3. The molecule has 0 bridgehead atoms. The van der Waals surface area contributed by atoms with Gasteiger partial charge in [0.05, 0.1) is 16.8 Å². The van der Waals surface area contributed by atoms with Crippen molar-refractivity contribution in [2.24, 2.45) is 0 Å². The molecule has 9 heteroatoms. The molecule has 0 radical (unpaired) electrons. The first-order valence-electron chi connectivity index (χ1n) is 7.31. The second-order valence-corrected chi connectivity index (χ2v) is 6.77. The van der Waals surface area contributed by atoms with Gasteiger partial charge in [-0.25, -0.2) is 14.2 Å². The zero-order valence-electron chi connectivity index (χ0n) is 13.7. The summed E-state index contributed by atoms with van der Waals surface area (Å²) in [6, 6.07) is 3.13. The third-order valence-corrected chi connectivity index (χ3v) is 4.93. The molecule has 0 saturated heterocycles. The SMILES string of the molecule is Cc1nc(C(C)NC(=O)C(C)Oc2ccc(F)cc2Cl)sc1C(=O)O. The van der Waals surface area contributed by atoms with Gasteiger partial charge in [0.15, 0.2) is 6.10 Å². The number of carbonyl (C=O) groups excluding carboxylic acids is 1.